The van der Waals surface area contributed by atoms with Crippen LogP contribution in [-0.4, -0.2) is 37.2 Å². The molecule has 0 amide bonds. The molecule has 0 N–H and O–H groups in total. The summed E-state index contributed by atoms with van der Waals surface area (Å²) in [5, 5.41) is 0. The van der Waals surface area contributed by atoms with Gasteiger partial charge in [0.15, 0.2) is 6.10 Å². The van der Waals surface area contributed by atoms with Crippen LogP contribution in [0.4, 0.5) is 0 Å². The average molecular weight is 873 g/mol. The number of rotatable bonds is 44. The van der Waals surface area contributed by atoms with Crippen molar-refractivity contribution < 1.29 is 28.6 Å². The van der Waals surface area contributed by atoms with E-state index in [9.17, 15) is 14.4 Å². The third-order valence-corrected chi connectivity index (χ3v) is 10.3. The van der Waals surface area contributed by atoms with Gasteiger partial charge in [0, 0.05) is 19.3 Å². The molecule has 0 aliphatic carbocycles. The monoisotopic (exact) mass is 873 g/mol. The normalized spacial score (nSPS) is 13.0. The first kappa shape index (κ1) is 59.1. The van der Waals surface area contributed by atoms with Crippen molar-refractivity contribution in [2.75, 3.05) is 13.2 Å². The summed E-state index contributed by atoms with van der Waals surface area (Å²) in [4.78, 5) is 37.9. The second-order valence-corrected chi connectivity index (χ2v) is 16.3. The number of ether oxygens (including phenoxy) is 3. The number of carbonyl (C=O) groups is 3. The predicted octanol–water partition coefficient (Wildman–Crippen LogP) is 16.8. The largest absolute Gasteiger partial charge is 0.462 e. The first-order valence-corrected chi connectivity index (χ1v) is 25.4. The standard InChI is InChI=1S/C57H92O6/c1-4-7-10-13-16-19-22-24-26-28-29-31-32-35-38-41-44-47-50-56(59)62-53-54(52-61-55(58)49-46-43-40-37-34-21-18-15-12-9-6-3)63-57(60)51-48-45-42-39-36-33-30-27-25-23-20-17-14-11-8-5-2/h8-9,11-12,17-18,20-21,25,27,29,31,33,36-37,40,42,45,54H,4-7,10,13-16,19,22-24,26,28,30,32,34-35,38-39,41,43-44,46-53H2,1-3H3/b11-8-,12-9-,20-17-,21-18-,27-25-,31-29-,36-33-,40-37-,45-42-. The first-order chi connectivity index (χ1) is 31.0. The molecule has 63 heavy (non-hydrogen) atoms. The molecule has 0 aliphatic rings. The van der Waals surface area contributed by atoms with Crippen LogP contribution in [0.15, 0.2) is 109 Å². The lowest BCUT2D eigenvalue weighted by molar-refractivity contribution is -0.166. The third kappa shape index (κ3) is 49.0. The van der Waals surface area contributed by atoms with E-state index in [1.54, 1.807) is 0 Å². The molecule has 0 aromatic carbocycles. The Kier molecular flexibility index (Phi) is 47.5. The van der Waals surface area contributed by atoms with Crippen molar-refractivity contribution in [3.8, 4) is 0 Å². The summed E-state index contributed by atoms with van der Waals surface area (Å²) in [5.74, 6) is -1.09. The SMILES string of the molecule is CC/C=C\C/C=C\C/C=C\C/C=C\C/C=C\CCC(=O)OC(COC(=O)CCC/C=C\C/C=C\C/C=C\CC)COC(=O)CCCCCCC/C=C\CCCCCCCCCCC. The molecule has 0 saturated heterocycles. The highest BCUT2D eigenvalue weighted by Gasteiger charge is 2.19. The zero-order valence-electron chi connectivity index (χ0n) is 40.5. The van der Waals surface area contributed by atoms with E-state index in [0.717, 1.165) is 89.9 Å². The molecule has 6 heteroatoms. The fourth-order valence-corrected chi connectivity index (χ4v) is 6.51. The summed E-state index contributed by atoms with van der Waals surface area (Å²) < 4.78 is 16.6. The molecule has 0 fully saturated rings. The zero-order chi connectivity index (χ0) is 45.8. The molecular weight excluding hydrogens is 781 g/mol. The lowest BCUT2D eigenvalue weighted by atomic mass is 10.1. The van der Waals surface area contributed by atoms with Gasteiger partial charge in [-0.15, -0.1) is 0 Å². The molecule has 0 spiro atoms. The average Bonchev–Trinajstić information content (AvgIpc) is 3.28. The maximum Gasteiger partial charge on any atom is 0.306 e. The van der Waals surface area contributed by atoms with Crippen LogP contribution < -0.4 is 0 Å². The molecule has 0 rings (SSSR count). The predicted molar refractivity (Wildman–Crippen MR) is 270 cm³/mol. The smallest absolute Gasteiger partial charge is 0.306 e. The molecule has 0 radical (unpaired) electrons. The molecule has 0 aliphatic heterocycles. The lowest BCUT2D eigenvalue weighted by Gasteiger charge is -2.18. The Hall–Kier alpha value is -3.93. The van der Waals surface area contributed by atoms with E-state index in [0.29, 0.717) is 19.3 Å². The van der Waals surface area contributed by atoms with Gasteiger partial charge >= 0.3 is 17.9 Å². The van der Waals surface area contributed by atoms with Crippen LogP contribution in [0.1, 0.15) is 213 Å². The van der Waals surface area contributed by atoms with E-state index in [-0.39, 0.29) is 38.0 Å². The van der Waals surface area contributed by atoms with Crippen molar-refractivity contribution in [3.63, 3.8) is 0 Å². The highest BCUT2D eigenvalue weighted by atomic mass is 16.6. The second kappa shape index (κ2) is 50.7. The highest BCUT2D eigenvalue weighted by Crippen LogP contribution is 2.13. The number of esters is 3. The Morgan fingerprint density at radius 2 is 0.667 bits per heavy atom. The number of hydrogen-bond acceptors (Lipinski definition) is 6. The van der Waals surface area contributed by atoms with E-state index in [1.165, 1.54) is 70.6 Å². The lowest BCUT2D eigenvalue weighted by Crippen LogP contribution is -2.30. The van der Waals surface area contributed by atoms with Crippen molar-refractivity contribution in [1.29, 1.82) is 0 Å². The van der Waals surface area contributed by atoms with Gasteiger partial charge in [-0.05, 0) is 103 Å². The minimum Gasteiger partial charge on any atom is -0.462 e. The van der Waals surface area contributed by atoms with Gasteiger partial charge in [-0.2, -0.15) is 0 Å². The number of carbonyl (C=O) groups excluding carboxylic acids is 3. The van der Waals surface area contributed by atoms with Crippen LogP contribution in [0.2, 0.25) is 0 Å². The molecule has 0 bridgehead atoms. The number of unbranched alkanes of at least 4 members (excludes halogenated alkanes) is 15. The van der Waals surface area contributed by atoms with Crippen LogP contribution in [0.25, 0.3) is 0 Å². The van der Waals surface area contributed by atoms with Gasteiger partial charge in [0.25, 0.3) is 0 Å². The van der Waals surface area contributed by atoms with E-state index >= 15 is 0 Å². The van der Waals surface area contributed by atoms with Crippen LogP contribution in [0.3, 0.4) is 0 Å². The minimum absolute atomic E-state index is 0.130. The van der Waals surface area contributed by atoms with Gasteiger partial charge in [0.2, 0.25) is 0 Å². The summed E-state index contributed by atoms with van der Waals surface area (Å²) in [7, 11) is 0. The van der Waals surface area contributed by atoms with Gasteiger partial charge in [-0.3, -0.25) is 14.4 Å². The Bertz CT molecular complexity index is 1330. The summed E-state index contributed by atoms with van der Waals surface area (Å²) in [6.45, 7) is 6.27. The van der Waals surface area contributed by atoms with Gasteiger partial charge in [-0.1, -0.05) is 201 Å². The maximum atomic E-state index is 12.7. The van der Waals surface area contributed by atoms with Gasteiger partial charge < -0.3 is 14.2 Å². The topological polar surface area (TPSA) is 78.9 Å². The first-order valence-electron chi connectivity index (χ1n) is 25.4. The molecule has 0 aromatic heterocycles. The fourth-order valence-electron chi connectivity index (χ4n) is 6.51. The van der Waals surface area contributed by atoms with Gasteiger partial charge in [-0.25, -0.2) is 0 Å². The Morgan fingerprint density at radius 1 is 0.333 bits per heavy atom. The van der Waals surface area contributed by atoms with Crippen molar-refractivity contribution in [2.45, 2.75) is 219 Å². The van der Waals surface area contributed by atoms with E-state index in [1.807, 2.05) is 12.2 Å². The molecule has 6 nitrogen and oxygen atoms in total. The number of allylic oxidation sites excluding steroid dienone is 18. The van der Waals surface area contributed by atoms with E-state index in [4.69, 9.17) is 14.2 Å². The van der Waals surface area contributed by atoms with Crippen LogP contribution in [0.5, 0.6) is 0 Å². The highest BCUT2D eigenvalue weighted by molar-refractivity contribution is 5.71. The molecule has 1 unspecified atom stereocenters. The van der Waals surface area contributed by atoms with Gasteiger partial charge in [0.1, 0.15) is 13.2 Å². The number of hydrogen-bond donors (Lipinski definition) is 0. The van der Waals surface area contributed by atoms with E-state index in [2.05, 4.69) is 118 Å². The molecule has 0 heterocycles. The quantitative estimate of drug-likeness (QED) is 0.0263. The Morgan fingerprint density at radius 3 is 1.11 bits per heavy atom. The summed E-state index contributed by atoms with van der Waals surface area (Å²) >= 11 is 0. The molecular formula is C57H92O6. The van der Waals surface area contributed by atoms with Crippen LogP contribution >= 0.6 is 0 Å². The van der Waals surface area contributed by atoms with Crippen molar-refractivity contribution in [1.82, 2.24) is 0 Å². The van der Waals surface area contributed by atoms with Crippen molar-refractivity contribution >= 4 is 17.9 Å². The fraction of sp³-hybridized carbons (Fsp3) is 0.632. The van der Waals surface area contributed by atoms with Crippen LogP contribution in [0, 0.1) is 0 Å². The summed E-state index contributed by atoms with van der Waals surface area (Å²) in [5.41, 5.74) is 0. The van der Waals surface area contributed by atoms with Crippen molar-refractivity contribution in [3.05, 3.63) is 109 Å². The second-order valence-electron chi connectivity index (χ2n) is 16.3. The minimum atomic E-state index is -0.842. The maximum absolute atomic E-state index is 12.7. The summed E-state index contributed by atoms with van der Waals surface area (Å²) in [6, 6.07) is 0. The molecule has 356 valence electrons. The molecule has 1 atom stereocenters. The van der Waals surface area contributed by atoms with Gasteiger partial charge in [0.05, 0.1) is 0 Å². The zero-order valence-corrected chi connectivity index (χ0v) is 40.5. The third-order valence-electron chi connectivity index (χ3n) is 10.3. The molecule has 0 aromatic rings. The molecule has 0 saturated carbocycles. The van der Waals surface area contributed by atoms with E-state index < -0.39 is 12.1 Å². The summed E-state index contributed by atoms with van der Waals surface area (Å²) in [6.07, 6.45) is 68.2. The van der Waals surface area contributed by atoms with Crippen molar-refractivity contribution in [2.24, 2.45) is 0 Å². The Balaban J connectivity index is 4.53. The Labute approximate surface area is 387 Å². The van der Waals surface area contributed by atoms with Crippen LogP contribution in [-0.2, 0) is 28.6 Å².